The van der Waals surface area contributed by atoms with E-state index < -0.39 is 17.5 Å². The Morgan fingerprint density at radius 3 is 2.81 bits per heavy atom. The van der Waals surface area contributed by atoms with Gasteiger partial charge in [-0.2, -0.15) is 0 Å². The van der Waals surface area contributed by atoms with E-state index in [1.165, 1.54) is 11.3 Å². The van der Waals surface area contributed by atoms with Gasteiger partial charge in [-0.3, -0.25) is 14.5 Å². The second-order valence-corrected chi connectivity index (χ2v) is 7.87. The molecule has 1 aliphatic heterocycles. The average Bonchev–Trinajstić information content (AvgIpc) is 3.39. The molecule has 26 heavy (non-hydrogen) atoms. The maximum Gasteiger partial charge on any atom is 0.325 e. The Kier molecular flexibility index (Phi) is 3.83. The highest BCUT2D eigenvalue weighted by atomic mass is 32.1. The molecule has 2 aromatic rings. The average molecular weight is 373 g/mol. The zero-order valence-corrected chi connectivity index (χ0v) is 15.3. The molecule has 0 bridgehead atoms. The highest BCUT2D eigenvalue weighted by molar-refractivity contribution is 7.16. The molecule has 4 rings (SSSR count). The highest BCUT2D eigenvalue weighted by Crippen LogP contribution is 2.42. The van der Waals surface area contributed by atoms with Gasteiger partial charge in [-0.15, -0.1) is 5.10 Å². The van der Waals surface area contributed by atoms with Crippen molar-refractivity contribution in [2.75, 3.05) is 6.54 Å². The summed E-state index contributed by atoms with van der Waals surface area (Å²) in [7, 11) is 1.86. The van der Waals surface area contributed by atoms with Gasteiger partial charge in [-0.1, -0.05) is 23.5 Å². The lowest BCUT2D eigenvalue weighted by molar-refractivity contribution is -0.135. The lowest BCUT2D eigenvalue weighted by atomic mass is 9.96. The molecular formula is C17H19N5O3S. The third-order valence-electron chi connectivity index (χ3n) is 4.99. The molecule has 1 saturated heterocycles. The molecule has 1 atom stereocenters. The van der Waals surface area contributed by atoms with Crippen LogP contribution >= 0.6 is 11.3 Å². The summed E-state index contributed by atoms with van der Waals surface area (Å²) in [4.78, 5) is 38.4. The Morgan fingerprint density at radius 1 is 1.38 bits per heavy atom. The molecule has 9 heteroatoms. The number of hydrogen-bond donors (Lipinski definition) is 2. The van der Waals surface area contributed by atoms with E-state index in [-0.39, 0.29) is 18.4 Å². The van der Waals surface area contributed by atoms with E-state index in [1.807, 2.05) is 35.9 Å². The number of imide groups is 1. The smallest absolute Gasteiger partial charge is 0.323 e. The number of para-hydroxylation sites is 1. The Hall–Kier alpha value is -2.68. The molecule has 4 amide bonds. The molecule has 1 aromatic carbocycles. The number of fused-ring (bicyclic) bond motifs is 1. The van der Waals surface area contributed by atoms with E-state index in [1.54, 1.807) is 6.92 Å². The van der Waals surface area contributed by atoms with Gasteiger partial charge in [0.25, 0.3) is 11.8 Å². The van der Waals surface area contributed by atoms with Crippen LogP contribution in [0.2, 0.25) is 0 Å². The van der Waals surface area contributed by atoms with E-state index >= 15 is 0 Å². The van der Waals surface area contributed by atoms with Crippen LogP contribution in [0.3, 0.4) is 0 Å². The number of amides is 4. The molecule has 0 radical (unpaired) electrons. The van der Waals surface area contributed by atoms with Crippen molar-refractivity contribution in [3.8, 4) is 0 Å². The predicted molar refractivity (Wildman–Crippen MR) is 95.9 cm³/mol. The van der Waals surface area contributed by atoms with E-state index in [0.717, 1.165) is 28.0 Å². The fourth-order valence-corrected chi connectivity index (χ4v) is 4.25. The van der Waals surface area contributed by atoms with Crippen LogP contribution in [0.15, 0.2) is 29.4 Å². The number of urea groups is 1. The van der Waals surface area contributed by atoms with Crippen molar-refractivity contribution < 1.29 is 14.4 Å². The fraction of sp³-hybridized carbons (Fsp3) is 0.412. The molecule has 2 heterocycles. The first-order valence-corrected chi connectivity index (χ1v) is 9.23. The number of nitrogens with one attached hydrogen (secondary N) is 2. The maximum atomic E-state index is 12.5. The van der Waals surface area contributed by atoms with Gasteiger partial charge in [0.15, 0.2) is 0 Å². The Labute approximate surface area is 153 Å². The van der Waals surface area contributed by atoms with E-state index in [2.05, 4.69) is 15.8 Å². The summed E-state index contributed by atoms with van der Waals surface area (Å²) in [6.07, 6.45) is 1.83. The van der Waals surface area contributed by atoms with Gasteiger partial charge >= 0.3 is 6.03 Å². The number of benzene rings is 1. The number of carbonyl (C=O) groups is 3. The summed E-state index contributed by atoms with van der Waals surface area (Å²) in [5.74, 6) is -0.687. The first-order valence-electron chi connectivity index (χ1n) is 8.41. The number of aromatic nitrogens is 1. The van der Waals surface area contributed by atoms with Gasteiger partial charge in [-0.25, -0.2) is 10.2 Å². The zero-order valence-electron chi connectivity index (χ0n) is 14.5. The van der Waals surface area contributed by atoms with Crippen molar-refractivity contribution in [2.45, 2.75) is 25.3 Å². The summed E-state index contributed by atoms with van der Waals surface area (Å²) in [6.45, 7) is 1.38. The fourth-order valence-electron chi connectivity index (χ4n) is 3.27. The SMILES string of the molecule is Cn1/c(=N/NC(=O)CN2C(=O)NC(C)(C3CC3)C2=O)sc2ccccc21. The molecule has 8 nitrogen and oxygen atoms in total. The summed E-state index contributed by atoms with van der Waals surface area (Å²) < 4.78 is 2.93. The second-order valence-electron chi connectivity index (χ2n) is 6.86. The molecule has 1 unspecified atom stereocenters. The van der Waals surface area contributed by atoms with Crippen LogP contribution in [0.5, 0.6) is 0 Å². The van der Waals surface area contributed by atoms with Crippen LogP contribution in [-0.2, 0) is 16.6 Å². The second kappa shape index (κ2) is 5.94. The van der Waals surface area contributed by atoms with Crippen LogP contribution in [0.1, 0.15) is 19.8 Å². The van der Waals surface area contributed by atoms with Crippen molar-refractivity contribution in [3.63, 3.8) is 0 Å². The molecule has 2 N–H and O–H groups in total. The number of carbonyl (C=O) groups excluding carboxylic acids is 3. The lowest BCUT2D eigenvalue weighted by Gasteiger charge is -2.20. The van der Waals surface area contributed by atoms with Crippen LogP contribution in [0.25, 0.3) is 10.2 Å². The van der Waals surface area contributed by atoms with Crippen molar-refractivity contribution in [1.82, 2.24) is 20.2 Å². The molecule has 2 fully saturated rings. The first-order chi connectivity index (χ1) is 12.4. The highest BCUT2D eigenvalue weighted by Gasteiger charge is 2.56. The molecule has 136 valence electrons. The Balaban J connectivity index is 1.48. The first kappa shape index (κ1) is 16.8. The van der Waals surface area contributed by atoms with Gasteiger partial charge in [0.2, 0.25) is 4.80 Å². The number of nitrogens with zero attached hydrogens (tertiary/aromatic N) is 3. The van der Waals surface area contributed by atoms with Gasteiger partial charge < -0.3 is 9.88 Å². The third kappa shape index (κ3) is 2.68. The van der Waals surface area contributed by atoms with E-state index in [9.17, 15) is 14.4 Å². The standard InChI is InChI=1S/C17H19N5O3S/c1-17(10-7-8-10)14(24)22(15(25)18-17)9-13(23)19-20-16-21(2)11-5-3-4-6-12(11)26-16/h3-6,10H,7-9H2,1-2H3,(H,18,25)(H,19,23)/b20-16-. The van der Waals surface area contributed by atoms with Crippen molar-refractivity contribution >= 4 is 39.4 Å². The van der Waals surface area contributed by atoms with Gasteiger partial charge in [0, 0.05) is 7.05 Å². The number of aryl methyl sites for hydroxylation is 1. The minimum atomic E-state index is -0.883. The third-order valence-corrected chi connectivity index (χ3v) is 6.10. The van der Waals surface area contributed by atoms with Crippen LogP contribution in [-0.4, -0.2) is 39.4 Å². The van der Waals surface area contributed by atoms with Crippen molar-refractivity contribution in [3.05, 3.63) is 29.1 Å². The van der Waals surface area contributed by atoms with Crippen LogP contribution in [0.4, 0.5) is 4.79 Å². The summed E-state index contributed by atoms with van der Waals surface area (Å²) >= 11 is 1.44. The summed E-state index contributed by atoms with van der Waals surface area (Å²) in [6, 6.07) is 7.31. The van der Waals surface area contributed by atoms with Crippen LogP contribution in [0, 0.1) is 5.92 Å². The minimum Gasteiger partial charge on any atom is -0.323 e. The topological polar surface area (TPSA) is 95.8 Å². The normalized spacial score (nSPS) is 23.6. The zero-order chi connectivity index (χ0) is 18.5. The van der Waals surface area contributed by atoms with Gasteiger partial charge in [0.1, 0.15) is 12.1 Å². The Bertz CT molecular complexity index is 990. The van der Waals surface area contributed by atoms with E-state index in [0.29, 0.717) is 4.80 Å². The lowest BCUT2D eigenvalue weighted by Crippen LogP contribution is -2.46. The van der Waals surface area contributed by atoms with Gasteiger partial charge in [0.05, 0.1) is 10.2 Å². The number of thiazole rings is 1. The summed E-state index contributed by atoms with van der Waals surface area (Å²) in [5, 5.41) is 6.85. The number of hydrogen-bond acceptors (Lipinski definition) is 5. The van der Waals surface area contributed by atoms with Gasteiger partial charge in [-0.05, 0) is 37.8 Å². The van der Waals surface area contributed by atoms with Crippen molar-refractivity contribution in [2.24, 2.45) is 18.1 Å². The largest absolute Gasteiger partial charge is 0.325 e. The van der Waals surface area contributed by atoms with Crippen molar-refractivity contribution in [1.29, 1.82) is 0 Å². The van der Waals surface area contributed by atoms with E-state index in [4.69, 9.17) is 0 Å². The molecule has 1 aliphatic carbocycles. The molecule has 1 aromatic heterocycles. The molecule has 2 aliphatic rings. The monoisotopic (exact) mass is 373 g/mol. The summed E-state index contributed by atoms with van der Waals surface area (Å²) in [5.41, 5.74) is 2.57. The molecule has 0 spiro atoms. The van der Waals surface area contributed by atoms with Crippen LogP contribution < -0.4 is 15.5 Å². The predicted octanol–water partition coefficient (Wildman–Crippen LogP) is 0.892. The molecular weight excluding hydrogens is 354 g/mol. The molecule has 1 saturated carbocycles. The Morgan fingerprint density at radius 2 is 2.12 bits per heavy atom. The quantitative estimate of drug-likeness (QED) is 0.615. The maximum absolute atomic E-state index is 12.5. The minimum absolute atomic E-state index is 0.161. The number of rotatable bonds is 4.